The van der Waals surface area contributed by atoms with Gasteiger partial charge < -0.3 is 9.47 Å². The van der Waals surface area contributed by atoms with E-state index in [1.165, 1.54) is 12.1 Å². The normalized spacial score (nSPS) is 20.4. The number of rotatable bonds is 7. The molecule has 3 aliphatic rings. The Labute approximate surface area is 207 Å². The summed E-state index contributed by atoms with van der Waals surface area (Å²) in [5.41, 5.74) is 1.48. The van der Waals surface area contributed by atoms with Crippen molar-refractivity contribution in [1.82, 2.24) is 29.0 Å². The van der Waals surface area contributed by atoms with Gasteiger partial charge in [0.15, 0.2) is 0 Å². The number of sulfonamides is 1. The Hall–Kier alpha value is -3.58. The molecule has 0 bridgehead atoms. The number of alkyl halides is 1. The maximum Gasteiger partial charge on any atom is 0.263 e. The van der Waals surface area contributed by atoms with Crippen LogP contribution in [0.5, 0.6) is 0 Å². The van der Waals surface area contributed by atoms with E-state index in [1.807, 2.05) is 22.7 Å². The SMILES string of the molecule is Cn1cc(CN2C(=O)c3cc(S(=O)(=O)NC4(CF)CC4)ccc3N3C2=NC[C@H]3c2cncn2C)cn1. The molecule has 3 aromatic rings. The first-order valence-corrected chi connectivity index (χ1v) is 13.0. The monoisotopic (exact) mass is 512 g/mol. The summed E-state index contributed by atoms with van der Waals surface area (Å²) in [5, 5.41) is 4.19. The molecule has 1 saturated carbocycles. The molecule has 0 saturated heterocycles. The number of aromatic nitrogens is 4. The molecule has 1 aromatic carbocycles. The number of nitrogens with zero attached hydrogens (tertiary/aromatic N) is 7. The van der Waals surface area contributed by atoms with Gasteiger partial charge in [-0.2, -0.15) is 5.10 Å². The minimum absolute atomic E-state index is 0.0766. The van der Waals surface area contributed by atoms with E-state index in [0.717, 1.165) is 11.3 Å². The zero-order valence-electron chi connectivity index (χ0n) is 19.8. The minimum Gasteiger partial charge on any atom is -0.336 e. The van der Waals surface area contributed by atoms with Crippen LogP contribution in [0.25, 0.3) is 0 Å². The highest BCUT2D eigenvalue weighted by Crippen LogP contribution is 2.41. The highest BCUT2D eigenvalue weighted by Gasteiger charge is 2.47. The maximum atomic E-state index is 13.8. The first kappa shape index (κ1) is 22.9. The van der Waals surface area contributed by atoms with E-state index >= 15 is 0 Å². The Balaban J connectivity index is 1.44. The number of aryl methyl sites for hydroxylation is 2. The average Bonchev–Trinajstić information content (AvgIpc) is 3.16. The zero-order chi connectivity index (χ0) is 25.2. The van der Waals surface area contributed by atoms with Gasteiger partial charge in [-0.15, -0.1) is 0 Å². The van der Waals surface area contributed by atoms with E-state index in [1.54, 1.807) is 41.4 Å². The van der Waals surface area contributed by atoms with Crippen molar-refractivity contribution in [2.24, 2.45) is 19.1 Å². The Kier molecular flexibility index (Phi) is 5.06. The van der Waals surface area contributed by atoms with E-state index in [-0.39, 0.29) is 29.0 Å². The Morgan fingerprint density at radius 3 is 2.67 bits per heavy atom. The molecule has 1 atom stereocenters. The molecule has 1 fully saturated rings. The first-order valence-electron chi connectivity index (χ1n) is 11.5. The molecule has 0 radical (unpaired) electrons. The van der Waals surface area contributed by atoms with E-state index < -0.39 is 22.2 Å². The van der Waals surface area contributed by atoms with Crippen LogP contribution in [0.3, 0.4) is 0 Å². The summed E-state index contributed by atoms with van der Waals surface area (Å²) in [6.45, 7) is -0.138. The number of benzene rings is 1. The van der Waals surface area contributed by atoms with Crippen molar-refractivity contribution in [3.05, 3.63) is 59.9 Å². The topological polar surface area (TPSA) is 118 Å². The Bertz CT molecular complexity index is 1510. The van der Waals surface area contributed by atoms with Crippen molar-refractivity contribution in [3.8, 4) is 0 Å². The standard InChI is InChI=1S/C23H25FN8O3S/c1-29-14-25-9-19(29)20-10-26-22-31(12-15-8-27-30(2)11-15)21(33)17-7-16(3-4-18(17)32(20)22)36(34,35)28-23(13-24)5-6-23/h3-4,7-9,11,14,20,28H,5-6,10,12-13H2,1-2H3/t20-/m0/s1. The van der Waals surface area contributed by atoms with E-state index in [2.05, 4.69) is 14.8 Å². The third-order valence-corrected chi connectivity index (χ3v) is 8.52. The van der Waals surface area contributed by atoms with Gasteiger partial charge in [-0.1, -0.05) is 0 Å². The fourth-order valence-electron chi connectivity index (χ4n) is 4.81. The molecule has 1 N–H and O–H groups in total. The van der Waals surface area contributed by atoms with Crippen molar-refractivity contribution in [1.29, 1.82) is 0 Å². The fraction of sp³-hybridized carbons (Fsp3) is 0.391. The third-order valence-electron chi connectivity index (χ3n) is 6.94. The summed E-state index contributed by atoms with van der Waals surface area (Å²) < 4.78 is 45.6. The van der Waals surface area contributed by atoms with E-state index in [4.69, 9.17) is 4.99 Å². The highest BCUT2D eigenvalue weighted by molar-refractivity contribution is 7.89. The van der Waals surface area contributed by atoms with Gasteiger partial charge in [0.25, 0.3) is 5.91 Å². The molecule has 13 heteroatoms. The van der Waals surface area contributed by atoms with Crippen LogP contribution in [-0.2, 0) is 30.7 Å². The molecule has 6 rings (SSSR count). The van der Waals surface area contributed by atoms with Gasteiger partial charge >= 0.3 is 0 Å². The Morgan fingerprint density at radius 2 is 2.03 bits per heavy atom. The van der Waals surface area contributed by atoms with Crippen molar-refractivity contribution in [2.45, 2.75) is 35.9 Å². The molecule has 11 nitrogen and oxygen atoms in total. The molecular weight excluding hydrogens is 487 g/mol. The molecular formula is C23H25FN8O3S. The van der Waals surface area contributed by atoms with Crippen molar-refractivity contribution in [3.63, 3.8) is 0 Å². The molecule has 1 amide bonds. The van der Waals surface area contributed by atoms with Crippen LogP contribution in [0.2, 0.25) is 0 Å². The number of halogens is 1. The number of aliphatic imine (C=N–C) groups is 1. The summed E-state index contributed by atoms with van der Waals surface area (Å²) in [6.07, 6.45) is 7.86. The van der Waals surface area contributed by atoms with Crippen LogP contribution in [0.15, 0.2) is 53.0 Å². The molecule has 0 unspecified atom stereocenters. The number of imidazole rings is 1. The minimum atomic E-state index is -4.02. The van der Waals surface area contributed by atoms with Crippen LogP contribution < -0.4 is 9.62 Å². The quantitative estimate of drug-likeness (QED) is 0.513. The second-order valence-corrected chi connectivity index (χ2v) is 11.3. The maximum absolute atomic E-state index is 13.8. The summed E-state index contributed by atoms with van der Waals surface area (Å²) in [7, 11) is -0.333. The second kappa shape index (κ2) is 7.96. The van der Waals surface area contributed by atoms with Gasteiger partial charge in [0, 0.05) is 25.9 Å². The largest absolute Gasteiger partial charge is 0.336 e. The molecule has 36 heavy (non-hydrogen) atoms. The van der Waals surface area contributed by atoms with Crippen molar-refractivity contribution < 1.29 is 17.6 Å². The molecule has 2 aromatic heterocycles. The second-order valence-electron chi connectivity index (χ2n) is 9.57. The fourth-order valence-corrected chi connectivity index (χ4v) is 6.27. The highest BCUT2D eigenvalue weighted by atomic mass is 32.2. The lowest BCUT2D eigenvalue weighted by Crippen LogP contribution is -2.50. The number of fused-ring (bicyclic) bond motifs is 3. The van der Waals surface area contributed by atoms with Gasteiger partial charge in [-0.05, 0) is 31.0 Å². The number of carbonyl (C=O) groups is 1. The van der Waals surface area contributed by atoms with Gasteiger partial charge in [0.2, 0.25) is 16.0 Å². The molecule has 188 valence electrons. The molecule has 0 spiro atoms. The van der Waals surface area contributed by atoms with Crippen LogP contribution in [-0.4, -0.2) is 63.3 Å². The Morgan fingerprint density at radius 1 is 1.22 bits per heavy atom. The van der Waals surface area contributed by atoms with Crippen LogP contribution in [0.4, 0.5) is 10.1 Å². The van der Waals surface area contributed by atoms with Gasteiger partial charge in [0.05, 0.1) is 65.2 Å². The summed E-state index contributed by atoms with van der Waals surface area (Å²) >= 11 is 0. The van der Waals surface area contributed by atoms with E-state index in [9.17, 15) is 17.6 Å². The van der Waals surface area contributed by atoms with Gasteiger partial charge in [-0.25, -0.2) is 27.5 Å². The van der Waals surface area contributed by atoms with Crippen LogP contribution in [0, 0.1) is 0 Å². The third kappa shape index (κ3) is 3.61. The lowest BCUT2D eigenvalue weighted by atomic mass is 10.0. The number of nitrogens with one attached hydrogen (secondary N) is 1. The number of amides is 1. The zero-order valence-corrected chi connectivity index (χ0v) is 20.6. The van der Waals surface area contributed by atoms with Crippen molar-refractivity contribution in [2.75, 3.05) is 18.1 Å². The van der Waals surface area contributed by atoms with Gasteiger partial charge in [0.1, 0.15) is 6.67 Å². The smallest absolute Gasteiger partial charge is 0.263 e. The van der Waals surface area contributed by atoms with Gasteiger partial charge in [-0.3, -0.25) is 14.4 Å². The molecule has 2 aliphatic heterocycles. The molecule has 4 heterocycles. The predicted octanol–water partition coefficient (Wildman–Crippen LogP) is 1.51. The summed E-state index contributed by atoms with van der Waals surface area (Å²) in [6, 6.07) is 4.23. The van der Waals surface area contributed by atoms with Crippen LogP contribution in [0.1, 0.15) is 40.5 Å². The lowest BCUT2D eigenvalue weighted by molar-refractivity contribution is 0.0832. The first-order chi connectivity index (χ1) is 17.2. The number of carbonyl (C=O) groups excluding carboxylic acids is 1. The number of hydrogen-bond donors (Lipinski definition) is 1. The summed E-state index contributed by atoms with van der Waals surface area (Å²) in [5.74, 6) is 0.129. The van der Waals surface area contributed by atoms with Crippen LogP contribution >= 0.6 is 0 Å². The van der Waals surface area contributed by atoms with E-state index in [0.29, 0.717) is 31.0 Å². The molecule has 1 aliphatic carbocycles. The summed E-state index contributed by atoms with van der Waals surface area (Å²) in [4.78, 5) is 26.1. The predicted molar refractivity (Wildman–Crippen MR) is 129 cm³/mol. The number of guanidine groups is 1. The van der Waals surface area contributed by atoms with Crippen molar-refractivity contribution >= 4 is 27.6 Å². The number of hydrogen-bond acceptors (Lipinski definition) is 7. The number of anilines is 1. The average molecular weight is 513 g/mol. The lowest BCUT2D eigenvalue weighted by Gasteiger charge is -2.38.